The molecule has 0 aliphatic carbocycles. The summed E-state index contributed by atoms with van der Waals surface area (Å²) in [5, 5.41) is 7.48. The standard InChI is InChI=1S/C11H17N3/c1-5-6-12-10(4)11-7-13-14(8-11)9(2)3/h1,7-10,12H,6H2,2-4H3. The van der Waals surface area contributed by atoms with Crippen molar-refractivity contribution in [3.8, 4) is 12.3 Å². The van der Waals surface area contributed by atoms with Crippen LogP contribution in [0.3, 0.4) is 0 Å². The summed E-state index contributed by atoms with van der Waals surface area (Å²) in [5.41, 5.74) is 1.17. The van der Waals surface area contributed by atoms with Crippen molar-refractivity contribution >= 4 is 0 Å². The molecule has 76 valence electrons. The van der Waals surface area contributed by atoms with Crippen LogP contribution in [-0.4, -0.2) is 16.3 Å². The van der Waals surface area contributed by atoms with E-state index in [0.29, 0.717) is 12.6 Å². The first-order valence-corrected chi connectivity index (χ1v) is 4.86. The van der Waals surface area contributed by atoms with Gasteiger partial charge in [-0.1, -0.05) is 5.92 Å². The van der Waals surface area contributed by atoms with Crippen LogP contribution >= 0.6 is 0 Å². The van der Waals surface area contributed by atoms with Gasteiger partial charge in [-0.15, -0.1) is 6.42 Å². The summed E-state index contributed by atoms with van der Waals surface area (Å²) in [5.74, 6) is 2.56. The Hall–Kier alpha value is -1.27. The zero-order chi connectivity index (χ0) is 10.6. The fraction of sp³-hybridized carbons (Fsp3) is 0.545. The molecule has 0 spiro atoms. The Morgan fingerprint density at radius 2 is 2.29 bits per heavy atom. The molecule has 0 aromatic carbocycles. The number of terminal acetylenes is 1. The van der Waals surface area contributed by atoms with E-state index in [0.717, 1.165) is 0 Å². The first-order valence-electron chi connectivity index (χ1n) is 4.86. The summed E-state index contributed by atoms with van der Waals surface area (Å²) >= 11 is 0. The molecule has 0 amide bonds. The van der Waals surface area contributed by atoms with Crippen LogP contribution in [0, 0.1) is 12.3 Å². The van der Waals surface area contributed by atoms with Crippen molar-refractivity contribution in [2.24, 2.45) is 0 Å². The van der Waals surface area contributed by atoms with Gasteiger partial charge < -0.3 is 0 Å². The number of rotatable bonds is 4. The van der Waals surface area contributed by atoms with Crippen LogP contribution in [0.1, 0.15) is 38.4 Å². The maximum Gasteiger partial charge on any atom is 0.0578 e. The maximum absolute atomic E-state index is 5.17. The Balaban J connectivity index is 2.62. The van der Waals surface area contributed by atoms with Gasteiger partial charge in [0, 0.05) is 23.8 Å². The van der Waals surface area contributed by atoms with Crippen molar-refractivity contribution in [2.75, 3.05) is 6.54 Å². The molecule has 0 aliphatic rings. The highest BCUT2D eigenvalue weighted by Crippen LogP contribution is 2.12. The zero-order valence-electron chi connectivity index (χ0n) is 8.99. The fourth-order valence-electron chi connectivity index (χ4n) is 1.19. The van der Waals surface area contributed by atoms with Crippen molar-refractivity contribution in [2.45, 2.75) is 32.9 Å². The summed E-state index contributed by atoms with van der Waals surface area (Å²) in [6, 6.07) is 0.669. The molecule has 0 saturated carbocycles. The van der Waals surface area contributed by atoms with E-state index >= 15 is 0 Å². The highest BCUT2D eigenvalue weighted by molar-refractivity contribution is 5.10. The number of hydrogen-bond acceptors (Lipinski definition) is 2. The Labute approximate surface area is 85.5 Å². The zero-order valence-corrected chi connectivity index (χ0v) is 8.99. The van der Waals surface area contributed by atoms with E-state index in [2.05, 4.69) is 43.3 Å². The average molecular weight is 191 g/mol. The molecule has 1 unspecified atom stereocenters. The largest absolute Gasteiger partial charge is 0.299 e. The molecule has 0 aliphatic heterocycles. The molecule has 1 atom stereocenters. The maximum atomic E-state index is 5.17. The summed E-state index contributed by atoms with van der Waals surface area (Å²) in [6.45, 7) is 6.89. The van der Waals surface area contributed by atoms with Gasteiger partial charge in [-0.3, -0.25) is 10.00 Å². The lowest BCUT2D eigenvalue weighted by atomic mass is 10.2. The molecule has 1 heterocycles. The van der Waals surface area contributed by atoms with Crippen LogP contribution in [-0.2, 0) is 0 Å². The minimum absolute atomic E-state index is 0.263. The highest BCUT2D eigenvalue weighted by Gasteiger charge is 2.07. The van der Waals surface area contributed by atoms with Gasteiger partial charge in [0.1, 0.15) is 0 Å². The molecule has 0 saturated heterocycles. The lowest BCUT2D eigenvalue weighted by Gasteiger charge is -2.09. The Morgan fingerprint density at radius 3 is 2.79 bits per heavy atom. The van der Waals surface area contributed by atoms with Crippen molar-refractivity contribution in [1.29, 1.82) is 0 Å². The second kappa shape index (κ2) is 4.83. The molecule has 3 heteroatoms. The van der Waals surface area contributed by atoms with Crippen molar-refractivity contribution in [3.05, 3.63) is 18.0 Å². The molecule has 0 fully saturated rings. The van der Waals surface area contributed by atoms with Crippen LogP contribution in [0.4, 0.5) is 0 Å². The normalized spacial score (nSPS) is 12.8. The van der Waals surface area contributed by atoms with E-state index in [1.807, 2.05) is 10.9 Å². The monoisotopic (exact) mass is 191 g/mol. The van der Waals surface area contributed by atoms with Gasteiger partial charge >= 0.3 is 0 Å². The summed E-state index contributed by atoms with van der Waals surface area (Å²) < 4.78 is 1.95. The second-order valence-electron chi connectivity index (χ2n) is 3.65. The minimum atomic E-state index is 0.263. The number of nitrogens with one attached hydrogen (secondary N) is 1. The van der Waals surface area contributed by atoms with E-state index in [9.17, 15) is 0 Å². The summed E-state index contributed by atoms with van der Waals surface area (Å²) in [7, 11) is 0. The third kappa shape index (κ3) is 2.61. The molecule has 3 nitrogen and oxygen atoms in total. The highest BCUT2D eigenvalue weighted by atomic mass is 15.3. The van der Waals surface area contributed by atoms with Crippen LogP contribution < -0.4 is 5.32 Å². The van der Waals surface area contributed by atoms with Crippen molar-refractivity contribution in [1.82, 2.24) is 15.1 Å². The first kappa shape index (κ1) is 10.8. The van der Waals surface area contributed by atoms with Gasteiger partial charge in [0.2, 0.25) is 0 Å². The van der Waals surface area contributed by atoms with E-state index in [4.69, 9.17) is 6.42 Å². The van der Waals surface area contributed by atoms with Gasteiger partial charge in [0.15, 0.2) is 0 Å². The van der Waals surface area contributed by atoms with Crippen molar-refractivity contribution in [3.63, 3.8) is 0 Å². The third-order valence-corrected chi connectivity index (χ3v) is 2.16. The predicted octanol–water partition coefficient (Wildman–Crippen LogP) is 1.75. The number of aromatic nitrogens is 2. The Bertz CT molecular complexity index is 320. The van der Waals surface area contributed by atoms with E-state index < -0.39 is 0 Å². The smallest absolute Gasteiger partial charge is 0.0578 e. The van der Waals surface area contributed by atoms with E-state index in [1.165, 1.54) is 5.56 Å². The first-order chi connectivity index (χ1) is 6.65. The molecule has 14 heavy (non-hydrogen) atoms. The lowest BCUT2D eigenvalue weighted by molar-refractivity contribution is 0.530. The Kier molecular flexibility index (Phi) is 3.73. The minimum Gasteiger partial charge on any atom is -0.299 e. The molecule has 0 radical (unpaired) electrons. The molecule has 0 bridgehead atoms. The average Bonchev–Trinajstić information content (AvgIpc) is 2.62. The van der Waals surface area contributed by atoms with E-state index in [1.54, 1.807) is 0 Å². The van der Waals surface area contributed by atoms with Gasteiger partial charge in [-0.25, -0.2) is 0 Å². The Morgan fingerprint density at radius 1 is 1.57 bits per heavy atom. The van der Waals surface area contributed by atoms with E-state index in [-0.39, 0.29) is 6.04 Å². The van der Waals surface area contributed by atoms with Gasteiger partial charge in [0.25, 0.3) is 0 Å². The number of nitrogens with zero attached hydrogens (tertiary/aromatic N) is 2. The van der Waals surface area contributed by atoms with Crippen LogP contribution in [0.25, 0.3) is 0 Å². The molecule has 1 aromatic heterocycles. The molecular formula is C11H17N3. The lowest BCUT2D eigenvalue weighted by Crippen LogP contribution is -2.18. The quantitative estimate of drug-likeness (QED) is 0.735. The van der Waals surface area contributed by atoms with Crippen LogP contribution in [0.2, 0.25) is 0 Å². The third-order valence-electron chi connectivity index (χ3n) is 2.16. The van der Waals surface area contributed by atoms with Gasteiger partial charge in [0.05, 0.1) is 12.7 Å². The fourth-order valence-corrected chi connectivity index (χ4v) is 1.19. The summed E-state index contributed by atoms with van der Waals surface area (Å²) in [4.78, 5) is 0. The van der Waals surface area contributed by atoms with Gasteiger partial charge in [-0.2, -0.15) is 5.10 Å². The van der Waals surface area contributed by atoms with Gasteiger partial charge in [-0.05, 0) is 20.8 Å². The molecule has 1 aromatic rings. The molecule has 1 N–H and O–H groups in total. The van der Waals surface area contributed by atoms with Crippen LogP contribution in [0.5, 0.6) is 0 Å². The number of hydrogen-bond donors (Lipinski definition) is 1. The van der Waals surface area contributed by atoms with Crippen molar-refractivity contribution < 1.29 is 0 Å². The SMILES string of the molecule is C#CCNC(C)c1cnn(C(C)C)c1. The topological polar surface area (TPSA) is 29.9 Å². The van der Waals surface area contributed by atoms with Crippen LogP contribution in [0.15, 0.2) is 12.4 Å². The molecule has 1 rings (SSSR count). The molecular weight excluding hydrogens is 174 g/mol. The summed E-state index contributed by atoms with van der Waals surface area (Å²) in [6.07, 6.45) is 9.11. The second-order valence-corrected chi connectivity index (χ2v) is 3.65. The predicted molar refractivity (Wildman–Crippen MR) is 57.9 cm³/mol.